The largest absolute Gasteiger partial charge is 0.476 e. The van der Waals surface area contributed by atoms with Crippen LogP contribution in [0.3, 0.4) is 0 Å². The summed E-state index contributed by atoms with van der Waals surface area (Å²) in [4.78, 5) is 25.8. The fraction of sp³-hybridized carbons (Fsp3) is 0.500. The summed E-state index contributed by atoms with van der Waals surface area (Å²) < 4.78 is 0. The molecule has 1 aromatic rings. The van der Waals surface area contributed by atoms with Crippen molar-refractivity contribution in [1.82, 2.24) is 15.6 Å². The van der Waals surface area contributed by atoms with E-state index in [-0.39, 0.29) is 18.3 Å². The number of urea groups is 1. The van der Waals surface area contributed by atoms with E-state index >= 15 is 0 Å². The summed E-state index contributed by atoms with van der Waals surface area (Å²) in [6.07, 6.45) is 2.38. The van der Waals surface area contributed by atoms with Crippen molar-refractivity contribution in [2.24, 2.45) is 5.92 Å². The Morgan fingerprint density at radius 1 is 1.47 bits per heavy atom. The average molecular weight is 255 g/mol. The smallest absolute Gasteiger partial charge is 0.355 e. The fourth-order valence-corrected chi connectivity index (χ4v) is 1.98. The third-order valence-electron chi connectivity index (χ3n) is 2.42. The van der Waals surface area contributed by atoms with Crippen molar-refractivity contribution in [2.75, 3.05) is 6.54 Å². The molecule has 0 aromatic carbocycles. The molecule has 0 spiro atoms. The maximum absolute atomic E-state index is 11.3. The molecule has 1 saturated carbocycles. The Morgan fingerprint density at radius 2 is 2.24 bits per heavy atom. The van der Waals surface area contributed by atoms with E-state index in [4.69, 9.17) is 5.11 Å². The summed E-state index contributed by atoms with van der Waals surface area (Å²) in [6.45, 7) is 0.971. The molecule has 0 bridgehead atoms. The molecule has 2 rings (SSSR count). The highest BCUT2D eigenvalue weighted by Gasteiger charge is 2.21. The topological polar surface area (TPSA) is 91.3 Å². The van der Waals surface area contributed by atoms with Crippen LogP contribution in [0.15, 0.2) is 5.38 Å². The van der Waals surface area contributed by atoms with Crippen LogP contribution < -0.4 is 10.6 Å². The van der Waals surface area contributed by atoms with Gasteiger partial charge in [-0.1, -0.05) is 0 Å². The van der Waals surface area contributed by atoms with Gasteiger partial charge in [0.25, 0.3) is 0 Å². The second-order valence-corrected chi connectivity index (χ2v) is 4.88. The molecule has 1 aromatic heterocycles. The SMILES string of the molecule is O=C(NCc1nc(C(=O)O)cs1)NCC1CC1. The number of carbonyl (C=O) groups excluding carboxylic acids is 1. The van der Waals surface area contributed by atoms with E-state index < -0.39 is 5.97 Å². The maximum atomic E-state index is 11.3. The second kappa shape index (κ2) is 5.13. The molecule has 17 heavy (non-hydrogen) atoms. The number of aromatic nitrogens is 1. The van der Waals surface area contributed by atoms with Crippen LogP contribution in [0.25, 0.3) is 0 Å². The monoisotopic (exact) mass is 255 g/mol. The number of hydrogen-bond acceptors (Lipinski definition) is 4. The third kappa shape index (κ3) is 3.70. The summed E-state index contributed by atoms with van der Waals surface area (Å²) in [5.41, 5.74) is 0.0187. The minimum Gasteiger partial charge on any atom is -0.476 e. The standard InChI is InChI=1S/C10H13N3O3S/c14-9(15)7-5-17-8(13-7)4-12-10(16)11-3-6-1-2-6/h5-6H,1-4H2,(H,14,15)(H2,11,12,16). The Kier molecular flexibility index (Phi) is 3.58. The van der Waals surface area contributed by atoms with E-state index in [0.717, 1.165) is 0 Å². The molecule has 2 amide bonds. The Morgan fingerprint density at radius 3 is 2.82 bits per heavy atom. The van der Waals surface area contributed by atoms with Gasteiger partial charge in [0.2, 0.25) is 0 Å². The van der Waals surface area contributed by atoms with Crippen molar-refractivity contribution < 1.29 is 14.7 Å². The molecule has 7 heteroatoms. The van der Waals surface area contributed by atoms with E-state index in [1.807, 2.05) is 0 Å². The molecule has 1 aliphatic rings. The van der Waals surface area contributed by atoms with Crippen LogP contribution in [0.5, 0.6) is 0 Å². The van der Waals surface area contributed by atoms with Crippen LogP contribution >= 0.6 is 11.3 Å². The number of hydrogen-bond donors (Lipinski definition) is 3. The highest BCUT2D eigenvalue weighted by atomic mass is 32.1. The molecule has 1 aliphatic carbocycles. The van der Waals surface area contributed by atoms with Gasteiger partial charge in [-0.2, -0.15) is 0 Å². The van der Waals surface area contributed by atoms with Crippen molar-refractivity contribution in [2.45, 2.75) is 19.4 Å². The van der Waals surface area contributed by atoms with Gasteiger partial charge in [-0.3, -0.25) is 0 Å². The first kappa shape index (κ1) is 11.8. The van der Waals surface area contributed by atoms with Crippen LogP contribution in [-0.2, 0) is 6.54 Å². The summed E-state index contributed by atoms with van der Waals surface area (Å²) in [5, 5.41) is 16.1. The Labute approximate surface area is 102 Å². The molecular formula is C10H13N3O3S. The van der Waals surface area contributed by atoms with Crippen LogP contribution in [0.1, 0.15) is 28.3 Å². The lowest BCUT2D eigenvalue weighted by Gasteiger charge is -2.04. The van der Waals surface area contributed by atoms with Crippen molar-refractivity contribution in [1.29, 1.82) is 0 Å². The minimum absolute atomic E-state index is 0.0187. The number of carboxylic acids is 1. The van der Waals surface area contributed by atoms with Gasteiger partial charge in [-0.25, -0.2) is 14.6 Å². The maximum Gasteiger partial charge on any atom is 0.355 e. The molecule has 0 saturated heterocycles. The van der Waals surface area contributed by atoms with E-state index in [1.54, 1.807) is 0 Å². The van der Waals surface area contributed by atoms with Crippen molar-refractivity contribution in [3.05, 3.63) is 16.1 Å². The van der Waals surface area contributed by atoms with Gasteiger partial charge in [0, 0.05) is 11.9 Å². The number of carbonyl (C=O) groups is 2. The Bertz CT molecular complexity index is 428. The van der Waals surface area contributed by atoms with E-state index in [1.165, 1.54) is 29.6 Å². The second-order valence-electron chi connectivity index (χ2n) is 3.94. The predicted octanol–water partition coefficient (Wildman–Crippen LogP) is 1.05. The molecule has 0 radical (unpaired) electrons. The number of thiazole rings is 1. The van der Waals surface area contributed by atoms with Gasteiger partial charge in [-0.05, 0) is 18.8 Å². The lowest BCUT2D eigenvalue weighted by atomic mass is 10.4. The minimum atomic E-state index is -1.05. The zero-order valence-electron chi connectivity index (χ0n) is 9.10. The molecular weight excluding hydrogens is 242 g/mol. The van der Waals surface area contributed by atoms with Crippen LogP contribution in [0.4, 0.5) is 4.79 Å². The quantitative estimate of drug-likeness (QED) is 0.733. The molecule has 1 heterocycles. The molecule has 0 unspecified atom stereocenters. The molecule has 3 N–H and O–H groups in total. The number of amides is 2. The summed E-state index contributed by atoms with van der Waals surface area (Å²) in [7, 11) is 0. The van der Waals surface area contributed by atoms with Gasteiger partial charge in [-0.15, -0.1) is 11.3 Å². The lowest BCUT2D eigenvalue weighted by molar-refractivity contribution is 0.0691. The number of carboxylic acid groups (broad SMARTS) is 1. The molecule has 92 valence electrons. The first-order valence-corrected chi connectivity index (χ1v) is 6.22. The van der Waals surface area contributed by atoms with Crippen molar-refractivity contribution in [3.63, 3.8) is 0 Å². The molecule has 0 atom stereocenters. The van der Waals surface area contributed by atoms with Crippen LogP contribution in [0, 0.1) is 5.92 Å². The van der Waals surface area contributed by atoms with E-state index in [9.17, 15) is 9.59 Å². The normalized spacial score (nSPS) is 14.4. The van der Waals surface area contributed by atoms with E-state index in [0.29, 0.717) is 17.5 Å². The van der Waals surface area contributed by atoms with Gasteiger partial charge in [0.15, 0.2) is 5.69 Å². The van der Waals surface area contributed by atoms with Gasteiger partial charge >= 0.3 is 12.0 Å². The molecule has 1 fully saturated rings. The molecule has 6 nitrogen and oxygen atoms in total. The highest BCUT2D eigenvalue weighted by Crippen LogP contribution is 2.27. The van der Waals surface area contributed by atoms with E-state index in [2.05, 4.69) is 15.6 Å². The lowest BCUT2D eigenvalue weighted by Crippen LogP contribution is -2.36. The number of rotatable bonds is 5. The summed E-state index contributed by atoms with van der Waals surface area (Å²) >= 11 is 1.22. The van der Waals surface area contributed by atoms with Crippen molar-refractivity contribution in [3.8, 4) is 0 Å². The Balaban J connectivity index is 1.72. The van der Waals surface area contributed by atoms with Crippen LogP contribution in [0.2, 0.25) is 0 Å². The fourth-order valence-electron chi connectivity index (χ4n) is 1.27. The zero-order valence-corrected chi connectivity index (χ0v) is 9.92. The summed E-state index contributed by atoms with van der Waals surface area (Å²) in [5.74, 6) is -0.412. The van der Waals surface area contributed by atoms with Gasteiger partial charge < -0.3 is 15.7 Å². The number of nitrogens with one attached hydrogen (secondary N) is 2. The number of nitrogens with zero attached hydrogens (tertiary/aromatic N) is 1. The first-order valence-electron chi connectivity index (χ1n) is 5.34. The average Bonchev–Trinajstić information content (AvgIpc) is 3.00. The van der Waals surface area contributed by atoms with Crippen LogP contribution in [-0.4, -0.2) is 28.6 Å². The highest BCUT2D eigenvalue weighted by molar-refractivity contribution is 7.09. The van der Waals surface area contributed by atoms with Gasteiger partial charge in [0.05, 0.1) is 6.54 Å². The summed E-state index contributed by atoms with van der Waals surface area (Å²) in [6, 6.07) is -0.232. The Hall–Kier alpha value is -1.63. The van der Waals surface area contributed by atoms with Crippen molar-refractivity contribution >= 4 is 23.3 Å². The van der Waals surface area contributed by atoms with Gasteiger partial charge in [0.1, 0.15) is 5.01 Å². The zero-order chi connectivity index (χ0) is 12.3. The predicted molar refractivity (Wildman–Crippen MR) is 62.0 cm³/mol. The third-order valence-corrected chi connectivity index (χ3v) is 3.27. The first-order chi connectivity index (χ1) is 8.15. The molecule has 0 aliphatic heterocycles. The number of aromatic carboxylic acids is 1.